The number of nitrogens with zero attached hydrogens (tertiary/aromatic N) is 1. The van der Waals surface area contributed by atoms with Gasteiger partial charge in [0.2, 0.25) is 0 Å². The number of benzene rings is 1. The lowest BCUT2D eigenvalue weighted by molar-refractivity contribution is 0.420. The molecule has 0 saturated carbocycles. The van der Waals surface area contributed by atoms with Gasteiger partial charge >= 0.3 is 0 Å². The summed E-state index contributed by atoms with van der Waals surface area (Å²) >= 11 is 5.83. The fraction of sp³-hybridized carbons (Fsp3) is 0.308. The van der Waals surface area contributed by atoms with Crippen molar-refractivity contribution < 1.29 is 4.52 Å². The highest BCUT2D eigenvalue weighted by Crippen LogP contribution is 2.22. The van der Waals surface area contributed by atoms with Crippen molar-refractivity contribution >= 4 is 11.6 Å². The van der Waals surface area contributed by atoms with Crippen LogP contribution < -0.4 is 5.73 Å². The maximum absolute atomic E-state index is 5.87. The van der Waals surface area contributed by atoms with Gasteiger partial charge in [0.25, 0.3) is 0 Å². The van der Waals surface area contributed by atoms with Crippen LogP contribution in [0.2, 0.25) is 5.02 Å². The van der Waals surface area contributed by atoms with E-state index >= 15 is 0 Å². The zero-order valence-corrected chi connectivity index (χ0v) is 10.4. The SMILES string of the molecule is CCC(N)Cc1cc(-c2ccc(Cl)cc2)on1. The van der Waals surface area contributed by atoms with Gasteiger partial charge in [-0.3, -0.25) is 0 Å². The zero-order valence-electron chi connectivity index (χ0n) is 9.69. The fourth-order valence-corrected chi connectivity index (χ4v) is 1.70. The quantitative estimate of drug-likeness (QED) is 0.906. The van der Waals surface area contributed by atoms with Crippen LogP contribution in [0.15, 0.2) is 34.9 Å². The Balaban J connectivity index is 2.15. The zero-order chi connectivity index (χ0) is 12.3. The lowest BCUT2D eigenvalue weighted by Crippen LogP contribution is -2.21. The summed E-state index contributed by atoms with van der Waals surface area (Å²) in [6.45, 7) is 2.06. The van der Waals surface area contributed by atoms with Crippen molar-refractivity contribution in [3.63, 3.8) is 0 Å². The maximum Gasteiger partial charge on any atom is 0.167 e. The van der Waals surface area contributed by atoms with E-state index in [1.807, 2.05) is 30.3 Å². The van der Waals surface area contributed by atoms with Crippen LogP contribution in [0.1, 0.15) is 19.0 Å². The first-order valence-corrected chi connectivity index (χ1v) is 6.04. The monoisotopic (exact) mass is 250 g/mol. The predicted octanol–water partition coefficient (Wildman–Crippen LogP) is 3.27. The van der Waals surface area contributed by atoms with E-state index in [1.54, 1.807) is 0 Å². The van der Waals surface area contributed by atoms with Crippen molar-refractivity contribution in [2.24, 2.45) is 5.73 Å². The molecule has 0 fully saturated rings. The molecule has 2 aromatic rings. The van der Waals surface area contributed by atoms with E-state index in [1.165, 1.54) is 0 Å². The van der Waals surface area contributed by atoms with E-state index < -0.39 is 0 Å². The topological polar surface area (TPSA) is 52.0 Å². The lowest BCUT2D eigenvalue weighted by atomic mass is 10.1. The van der Waals surface area contributed by atoms with Gasteiger partial charge in [0, 0.05) is 29.1 Å². The highest BCUT2D eigenvalue weighted by Gasteiger charge is 2.09. The molecule has 1 unspecified atom stereocenters. The third-order valence-corrected chi connectivity index (χ3v) is 2.94. The van der Waals surface area contributed by atoms with Gasteiger partial charge in [-0.1, -0.05) is 23.7 Å². The van der Waals surface area contributed by atoms with Crippen molar-refractivity contribution in [2.75, 3.05) is 0 Å². The summed E-state index contributed by atoms with van der Waals surface area (Å²) in [4.78, 5) is 0. The van der Waals surface area contributed by atoms with E-state index in [9.17, 15) is 0 Å². The molecule has 1 atom stereocenters. The molecule has 2 N–H and O–H groups in total. The van der Waals surface area contributed by atoms with Crippen LogP contribution in [0.4, 0.5) is 0 Å². The van der Waals surface area contributed by atoms with Gasteiger partial charge in [0.15, 0.2) is 5.76 Å². The molecule has 0 aliphatic rings. The molecule has 17 heavy (non-hydrogen) atoms. The molecule has 3 nitrogen and oxygen atoms in total. The summed E-state index contributed by atoms with van der Waals surface area (Å²) in [5.41, 5.74) is 7.74. The van der Waals surface area contributed by atoms with Gasteiger partial charge < -0.3 is 10.3 Å². The maximum atomic E-state index is 5.87. The molecule has 90 valence electrons. The number of rotatable bonds is 4. The van der Waals surface area contributed by atoms with Gasteiger partial charge in [-0.2, -0.15) is 0 Å². The predicted molar refractivity (Wildman–Crippen MR) is 68.9 cm³/mol. The second-order valence-electron chi connectivity index (χ2n) is 4.06. The second-order valence-corrected chi connectivity index (χ2v) is 4.50. The number of halogens is 1. The Kier molecular flexibility index (Phi) is 3.82. The Bertz CT molecular complexity index is 478. The number of hydrogen-bond acceptors (Lipinski definition) is 3. The molecular weight excluding hydrogens is 236 g/mol. The van der Waals surface area contributed by atoms with Crippen molar-refractivity contribution in [1.29, 1.82) is 0 Å². The van der Waals surface area contributed by atoms with Gasteiger partial charge in [0.05, 0.1) is 5.69 Å². The molecule has 0 aliphatic carbocycles. The van der Waals surface area contributed by atoms with Crippen LogP contribution in [0, 0.1) is 0 Å². The van der Waals surface area contributed by atoms with Gasteiger partial charge in [-0.25, -0.2) is 0 Å². The summed E-state index contributed by atoms with van der Waals surface area (Å²) in [7, 11) is 0. The van der Waals surface area contributed by atoms with E-state index in [4.69, 9.17) is 21.9 Å². The van der Waals surface area contributed by atoms with Gasteiger partial charge in [-0.05, 0) is 30.7 Å². The van der Waals surface area contributed by atoms with Crippen molar-refractivity contribution in [3.05, 3.63) is 41.0 Å². The molecule has 1 aromatic heterocycles. The third-order valence-electron chi connectivity index (χ3n) is 2.68. The molecule has 2 rings (SSSR count). The van der Waals surface area contributed by atoms with E-state index in [2.05, 4.69) is 12.1 Å². The highest BCUT2D eigenvalue weighted by atomic mass is 35.5. The molecule has 0 bridgehead atoms. The van der Waals surface area contributed by atoms with E-state index in [0.29, 0.717) is 5.02 Å². The number of hydrogen-bond donors (Lipinski definition) is 1. The Morgan fingerprint density at radius 3 is 2.71 bits per heavy atom. The third kappa shape index (κ3) is 3.08. The minimum Gasteiger partial charge on any atom is -0.356 e. The van der Waals surface area contributed by atoms with Crippen molar-refractivity contribution in [2.45, 2.75) is 25.8 Å². The van der Waals surface area contributed by atoms with E-state index in [0.717, 1.165) is 29.9 Å². The molecule has 0 aliphatic heterocycles. The minimum absolute atomic E-state index is 0.137. The van der Waals surface area contributed by atoms with Crippen LogP contribution >= 0.6 is 11.6 Å². The first-order chi connectivity index (χ1) is 8.19. The normalized spacial score (nSPS) is 12.6. The smallest absolute Gasteiger partial charge is 0.167 e. The summed E-state index contributed by atoms with van der Waals surface area (Å²) in [6, 6.07) is 9.55. The minimum atomic E-state index is 0.137. The number of aromatic nitrogens is 1. The average molecular weight is 251 g/mol. The first kappa shape index (κ1) is 12.1. The molecule has 1 aromatic carbocycles. The Labute approximate surface area is 106 Å². The van der Waals surface area contributed by atoms with Gasteiger partial charge in [-0.15, -0.1) is 0 Å². The largest absolute Gasteiger partial charge is 0.356 e. The van der Waals surface area contributed by atoms with Gasteiger partial charge in [0.1, 0.15) is 0 Å². The first-order valence-electron chi connectivity index (χ1n) is 5.66. The molecular formula is C13H15ClN2O. The Morgan fingerprint density at radius 1 is 1.35 bits per heavy atom. The molecule has 0 amide bonds. The van der Waals surface area contributed by atoms with Crippen molar-refractivity contribution in [1.82, 2.24) is 5.16 Å². The Morgan fingerprint density at radius 2 is 2.06 bits per heavy atom. The van der Waals surface area contributed by atoms with Crippen LogP contribution in [0.25, 0.3) is 11.3 Å². The summed E-state index contributed by atoms with van der Waals surface area (Å²) in [5.74, 6) is 0.750. The number of nitrogens with two attached hydrogens (primary N) is 1. The van der Waals surface area contributed by atoms with Crippen LogP contribution in [-0.2, 0) is 6.42 Å². The summed E-state index contributed by atoms with van der Waals surface area (Å²) < 4.78 is 5.29. The fourth-order valence-electron chi connectivity index (χ4n) is 1.57. The summed E-state index contributed by atoms with van der Waals surface area (Å²) in [5, 5.41) is 4.72. The molecule has 0 radical (unpaired) electrons. The summed E-state index contributed by atoms with van der Waals surface area (Å²) in [6.07, 6.45) is 1.68. The van der Waals surface area contributed by atoms with Crippen LogP contribution in [0.5, 0.6) is 0 Å². The van der Waals surface area contributed by atoms with Crippen LogP contribution in [-0.4, -0.2) is 11.2 Å². The molecule has 1 heterocycles. The molecule has 0 saturated heterocycles. The Hall–Kier alpha value is -1.32. The van der Waals surface area contributed by atoms with Crippen LogP contribution in [0.3, 0.4) is 0 Å². The average Bonchev–Trinajstić information content (AvgIpc) is 2.78. The van der Waals surface area contributed by atoms with Crippen molar-refractivity contribution in [3.8, 4) is 11.3 Å². The standard InChI is InChI=1S/C13H15ClN2O/c1-2-11(15)7-12-8-13(17-16-12)9-3-5-10(14)6-4-9/h3-6,8,11H,2,7,15H2,1H3. The highest BCUT2D eigenvalue weighted by molar-refractivity contribution is 6.30. The second kappa shape index (κ2) is 5.34. The molecule has 0 spiro atoms. The lowest BCUT2D eigenvalue weighted by Gasteiger charge is -2.03. The molecule has 4 heteroatoms. The van der Waals surface area contributed by atoms with E-state index in [-0.39, 0.29) is 6.04 Å².